The number of halogens is 4. The van der Waals surface area contributed by atoms with Gasteiger partial charge in [-0.3, -0.25) is 4.79 Å². The van der Waals surface area contributed by atoms with E-state index in [2.05, 4.69) is 15.5 Å². The zero-order chi connectivity index (χ0) is 21.1. The summed E-state index contributed by atoms with van der Waals surface area (Å²) in [4.78, 5) is 12.7. The number of aromatic nitrogens is 3. The third kappa shape index (κ3) is 5.19. The number of hydrogen-bond donors (Lipinski definition) is 1. The van der Waals surface area contributed by atoms with Crippen LogP contribution in [0.2, 0.25) is 20.1 Å². The summed E-state index contributed by atoms with van der Waals surface area (Å²) in [6, 6.07) is 10.4. The predicted octanol–water partition coefficient (Wildman–Crippen LogP) is 6.70. The van der Waals surface area contributed by atoms with Crippen LogP contribution in [-0.4, -0.2) is 25.9 Å². The first-order valence-electron chi connectivity index (χ1n) is 8.61. The van der Waals surface area contributed by atoms with E-state index in [4.69, 9.17) is 46.4 Å². The molecule has 0 saturated carbocycles. The number of nitrogens with zero attached hydrogens (tertiary/aromatic N) is 3. The molecule has 3 aromatic rings. The summed E-state index contributed by atoms with van der Waals surface area (Å²) in [5.74, 6) is 0.447. The van der Waals surface area contributed by atoms with Crippen molar-refractivity contribution in [1.82, 2.24) is 14.8 Å². The highest BCUT2D eigenvalue weighted by Crippen LogP contribution is 2.35. The fourth-order valence-electron chi connectivity index (χ4n) is 2.57. The molecular weight excluding hydrogens is 474 g/mol. The zero-order valence-electron chi connectivity index (χ0n) is 15.4. The van der Waals surface area contributed by atoms with Crippen LogP contribution in [0.4, 0.5) is 5.69 Å². The van der Waals surface area contributed by atoms with E-state index in [9.17, 15) is 4.79 Å². The highest BCUT2D eigenvalue weighted by Gasteiger charge is 2.22. The number of benzene rings is 2. The number of rotatable bonds is 6. The summed E-state index contributed by atoms with van der Waals surface area (Å²) in [5, 5.41) is 13.0. The van der Waals surface area contributed by atoms with Crippen molar-refractivity contribution in [2.45, 2.75) is 30.8 Å². The minimum Gasteiger partial charge on any atom is -0.323 e. The van der Waals surface area contributed by atoms with E-state index in [0.717, 1.165) is 5.56 Å². The van der Waals surface area contributed by atoms with Crippen LogP contribution in [0.25, 0.3) is 11.4 Å². The summed E-state index contributed by atoms with van der Waals surface area (Å²) in [5.41, 5.74) is 1.22. The van der Waals surface area contributed by atoms with Gasteiger partial charge in [0.2, 0.25) is 5.91 Å². The molecule has 0 spiro atoms. The molecule has 29 heavy (non-hydrogen) atoms. The molecular formula is C19H16Cl4N4OS. The van der Waals surface area contributed by atoms with Crippen molar-refractivity contribution >= 4 is 69.8 Å². The van der Waals surface area contributed by atoms with Gasteiger partial charge in [-0.25, -0.2) is 0 Å². The van der Waals surface area contributed by atoms with Gasteiger partial charge in [-0.15, -0.1) is 10.2 Å². The van der Waals surface area contributed by atoms with Gasteiger partial charge in [0.15, 0.2) is 11.0 Å². The number of carbonyl (C=O) groups is 1. The predicted molar refractivity (Wildman–Crippen MR) is 122 cm³/mol. The molecule has 3 rings (SSSR count). The molecule has 0 aliphatic heterocycles. The van der Waals surface area contributed by atoms with Crippen LogP contribution < -0.4 is 5.32 Å². The average Bonchev–Trinajstić information content (AvgIpc) is 3.07. The largest absolute Gasteiger partial charge is 0.323 e. The van der Waals surface area contributed by atoms with Gasteiger partial charge in [-0.2, -0.15) is 0 Å². The lowest BCUT2D eigenvalue weighted by molar-refractivity contribution is -0.115. The van der Waals surface area contributed by atoms with Crippen molar-refractivity contribution in [2.75, 3.05) is 5.32 Å². The molecule has 0 aliphatic carbocycles. The highest BCUT2D eigenvalue weighted by molar-refractivity contribution is 8.00. The Labute approximate surface area is 192 Å². The van der Waals surface area contributed by atoms with Gasteiger partial charge in [0.25, 0.3) is 0 Å². The summed E-state index contributed by atoms with van der Waals surface area (Å²) >= 11 is 25.5. The van der Waals surface area contributed by atoms with Crippen LogP contribution in [0.5, 0.6) is 0 Å². The number of carbonyl (C=O) groups excluding carboxylic acids is 1. The SMILES string of the molecule is CCn1c(SC(C)C(=O)Nc2c(Cl)cc(Cl)cc2Cl)nnc1-c1ccc(Cl)cc1. The molecule has 1 unspecified atom stereocenters. The second-order valence-electron chi connectivity index (χ2n) is 6.05. The number of anilines is 1. The molecule has 152 valence electrons. The molecule has 0 radical (unpaired) electrons. The number of nitrogens with one attached hydrogen (secondary N) is 1. The van der Waals surface area contributed by atoms with E-state index < -0.39 is 5.25 Å². The van der Waals surface area contributed by atoms with Gasteiger partial charge >= 0.3 is 0 Å². The molecule has 1 N–H and O–H groups in total. The summed E-state index contributed by atoms with van der Waals surface area (Å²) in [6.07, 6.45) is 0. The molecule has 0 aliphatic rings. The normalized spacial score (nSPS) is 12.1. The molecule has 0 saturated heterocycles. The van der Waals surface area contributed by atoms with Crippen molar-refractivity contribution in [1.29, 1.82) is 0 Å². The first-order valence-corrected chi connectivity index (χ1v) is 11.0. The molecule has 5 nitrogen and oxygen atoms in total. The van der Waals surface area contributed by atoms with Crippen LogP contribution in [0, 0.1) is 0 Å². The second kappa shape index (κ2) is 9.58. The molecule has 1 heterocycles. The monoisotopic (exact) mass is 488 g/mol. The Kier molecular flexibility index (Phi) is 7.35. The molecule has 1 aromatic heterocycles. The second-order valence-corrected chi connectivity index (χ2v) is 9.05. The van der Waals surface area contributed by atoms with E-state index >= 15 is 0 Å². The van der Waals surface area contributed by atoms with Crippen LogP contribution >= 0.6 is 58.2 Å². The Balaban J connectivity index is 1.78. The quantitative estimate of drug-likeness (QED) is 0.391. The van der Waals surface area contributed by atoms with Gasteiger partial charge < -0.3 is 9.88 Å². The standard InChI is InChI=1S/C19H16Cl4N4OS/c1-3-27-17(11-4-6-12(20)7-5-11)25-26-19(27)29-10(2)18(28)24-16-14(22)8-13(21)9-15(16)23/h4-10H,3H2,1-2H3,(H,24,28). The van der Waals surface area contributed by atoms with Crippen molar-refractivity contribution in [3.8, 4) is 11.4 Å². The van der Waals surface area contributed by atoms with Gasteiger partial charge in [-0.1, -0.05) is 58.2 Å². The fourth-order valence-corrected chi connectivity index (χ4v) is 4.52. The van der Waals surface area contributed by atoms with Gasteiger partial charge in [0, 0.05) is 22.2 Å². The Morgan fingerprint density at radius 1 is 1.07 bits per heavy atom. The Bertz CT molecular complexity index is 1020. The summed E-state index contributed by atoms with van der Waals surface area (Å²) in [6.45, 7) is 4.41. The summed E-state index contributed by atoms with van der Waals surface area (Å²) in [7, 11) is 0. The van der Waals surface area contributed by atoms with E-state index in [1.165, 1.54) is 23.9 Å². The van der Waals surface area contributed by atoms with Crippen molar-refractivity contribution in [2.24, 2.45) is 0 Å². The lowest BCUT2D eigenvalue weighted by atomic mass is 10.2. The molecule has 1 amide bonds. The van der Waals surface area contributed by atoms with Crippen LogP contribution in [-0.2, 0) is 11.3 Å². The minimum atomic E-state index is -0.467. The molecule has 10 heteroatoms. The lowest BCUT2D eigenvalue weighted by Crippen LogP contribution is -2.23. The van der Waals surface area contributed by atoms with Crippen LogP contribution in [0.1, 0.15) is 13.8 Å². The van der Waals surface area contributed by atoms with E-state index in [-0.39, 0.29) is 16.0 Å². The fraction of sp³-hybridized carbons (Fsp3) is 0.211. The van der Waals surface area contributed by atoms with Gasteiger partial charge in [0.1, 0.15) is 0 Å². The Morgan fingerprint density at radius 2 is 1.69 bits per heavy atom. The molecule has 1 atom stereocenters. The smallest absolute Gasteiger partial charge is 0.237 e. The number of hydrogen-bond acceptors (Lipinski definition) is 4. The van der Waals surface area contributed by atoms with E-state index in [1.807, 2.05) is 23.6 Å². The summed E-state index contributed by atoms with van der Waals surface area (Å²) < 4.78 is 1.94. The number of amides is 1. The Morgan fingerprint density at radius 3 is 2.28 bits per heavy atom. The third-order valence-corrected chi connectivity index (χ3v) is 6.19. The van der Waals surface area contributed by atoms with Crippen molar-refractivity contribution in [3.63, 3.8) is 0 Å². The molecule has 0 bridgehead atoms. The van der Waals surface area contributed by atoms with E-state index in [1.54, 1.807) is 19.1 Å². The van der Waals surface area contributed by atoms with Crippen molar-refractivity contribution in [3.05, 3.63) is 56.5 Å². The molecule has 2 aromatic carbocycles. The lowest BCUT2D eigenvalue weighted by Gasteiger charge is -2.14. The first kappa shape index (κ1) is 22.2. The van der Waals surface area contributed by atoms with Gasteiger partial charge in [0.05, 0.1) is 21.0 Å². The first-order chi connectivity index (χ1) is 13.8. The zero-order valence-corrected chi connectivity index (χ0v) is 19.3. The van der Waals surface area contributed by atoms with Crippen LogP contribution in [0.3, 0.4) is 0 Å². The average molecular weight is 490 g/mol. The van der Waals surface area contributed by atoms with Crippen LogP contribution in [0.15, 0.2) is 41.6 Å². The van der Waals surface area contributed by atoms with Crippen molar-refractivity contribution < 1.29 is 4.79 Å². The number of thioether (sulfide) groups is 1. The van der Waals surface area contributed by atoms with Gasteiger partial charge in [-0.05, 0) is 50.2 Å². The minimum absolute atomic E-state index is 0.264. The third-order valence-electron chi connectivity index (χ3n) is 4.04. The topological polar surface area (TPSA) is 59.8 Å². The maximum absolute atomic E-state index is 12.7. The van der Waals surface area contributed by atoms with E-state index in [0.29, 0.717) is 33.3 Å². The Hall–Kier alpha value is -1.44. The highest BCUT2D eigenvalue weighted by atomic mass is 35.5. The maximum atomic E-state index is 12.7. The molecule has 0 fully saturated rings. The maximum Gasteiger partial charge on any atom is 0.237 e.